The number of pyridine rings is 2. The van der Waals surface area contributed by atoms with Crippen molar-refractivity contribution in [2.75, 3.05) is 5.32 Å². The minimum Gasteiger partial charge on any atom is -0.290 e. The molecule has 0 aliphatic rings. The van der Waals surface area contributed by atoms with Gasteiger partial charge in [-0.25, -0.2) is 14.6 Å². The van der Waals surface area contributed by atoms with Gasteiger partial charge in [-0.2, -0.15) is 15.1 Å². The van der Waals surface area contributed by atoms with E-state index in [4.69, 9.17) is 11.6 Å². The van der Waals surface area contributed by atoms with Gasteiger partial charge in [0.25, 0.3) is 5.91 Å². The first-order chi connectivity index (χ1) is 16.0. The zero-order valence-electron chi connectivity index (χ0n) is 17.7. The Morgan fingerprint density at radius 3 is 2.55 bits per heavy atom. The molecule has 0 saturated heterocycles. The molecule has 0 aliphatic carbocycles. The van der Waals surface area contributed by atoms with Crippen LogP contribution in [0.15, 0.2) is 60.9 Å². The molecular formula is C23H17ClN8O. The number of para-hydroxylation sites is 1. The van der Waals surface area contributed by atoms with Gasteiger partial charge < -0.3 is 0 Å². The van der Waals surface area contributed by atoms with Crippen LogP contribution in [0, 0.1) is 13.8 Å². The Morgan fingerprint density at radius 1 is 0.939 bits per heavy atom. The van der Waals surface area contributed by atoms with Crippen LogP contribution in [0.4, 0.5) is 5.95 Å². The molecule has 0 fully saturated rings. The Kier molecular flexibility index (Phi) is 5.23. The Hall–Kier alpha value is -4.24. The number of amides is 1. The Balaban J connectivity index is 1.54. The quantitative estimate of drug-likeness (QED) is 0.431. The second-order valence-corrected chi connectivity index (χ2v) is 7.61. The number of hydrogen-bond donors (Lipinski definition) is 1. The summed E-state index contributed by atoms with van der Waals surface area (Å²) in [4.78, 5) is 34.9. The van der Waals surface area contributed by atoms with E-state index in [0.717, 1.165) is 0 Å². The maximum atomic E-state index is 13.2. The predicted molar refractivity (Wildman–Crippen MR) is 124 cm³/mol. The van der Waals surface area contributed by atoms with E-state index in [2.05, 4.69) is 35.3 Å². The van der Waals surface area contributed by atoms with E-state index < -0.39 is 0 Å². The number of hydrogen-bond acceptors (Lipinski definition) is 7. The maximum Gasteiger partial charge on any atom is 0.258 e. The predicted octanol–water partition coefficient (Wildman–Crippen LogP) is 4.19. The molecular weight excluding hydrogens is 440 g/mol. The molecule has 1 amide bonds. The van der Waals surface area contributed by atoms with Gasteiger partial charge in [-0.05, 0) is 44.2 Å². The highest BCUT2D eigenvalue weighted by molar-refractivity contribution is 6.32. The molecule has 33 heavy (non-hydrogen) atoms. The third kappa shape index (κ3) is 3.90. The highest BCUT2D eigenvalue weighted by atomic mass is 35.5. The summed E-state index contributed by atoms with van der Waals surface area (Å²) in [5, 5.41) is 8.49. The standard InChI is InChI=1S/C23H17ClN8O/c1-13-19-15(10-12-26-21(19)32(31-13)18-9-4-3-7-16(18)24)22(33)30-23-28-14(2)27-20(29-23)17-8-5-6-11-25-17/h3-12H,1-2H3,(H,27,28,29,30,33). The number of benzene rings is 1. The smallest absolute Gasteiger partial charge is 0.258 e. The van der Waals surface area contributed by atoms with E-state index in [0.29, 0.717) is 50.3 Å². The lowest BCUT2D eigenvalue weighted by molar-refractivity contribution is 0.102. The number of halogens is 1. The molecule has 162 valence electrons. The third-order valence-electron chi connectivity index (χ3n) is 4.94. The monoisotopic (exact) mass is 456 g/mol. The van der Waals surface area contributed by atoms with Crippen molar-refractivity contribution in [2.45, 2.75) is 13.8 Å². The van der Waals surface area contributed by atoms with Gasteiger partial charge in [-0.1, -0.05) is 29.8 Å². The van der Waals surface area contributed by atoms with Crippen LogP contribution in [0.5, 0.6) is 0 Å². The van der Waals surface area contributed by atoms with Gasteiger partial charge in [0.15, 0.2) is 11.5 Å². The SMILES string of the molecule is Cc1nc(NC(=O)c2ccnc3c2c(C)nn3-c2ccccc2Cl)nc(-c2ccccn2)n1. The van der Waals surface area contributed by atoms with Crippen molar-refractivity contribution in [1.82, 2.24) is 34.7 Å². The Labute approximate surface area is 193 Å². The first-order valence-corrected chi connectivity index (χ1v) is 10.4. The summed E-state index contributed by atoms with van der Waals surface area (Å²) in [7, 11) is 0. The van der Waals surface area contributed by atoms with E-state index in [-0.39, 0.29) is 11.9 Å². The zero-order valence-corrected chi connectivity index (χ0v) is 18.4. The van der Waals surface area contributed by atoms with Crippen molar-refractivity contribution < 1.29 is 4.79 Å². The second kappa shape index (κ2) is 8.36. The molecule has 0 bridgehead atoms. The molecule has 0 atom stereocenters. The van der Waals surface area contributed by atoms with Crippen LogP contribution in [-0.2, 0) is 0 Å². The van der Waals surface area contributed by atoms with Crippen LogP contribution in [0.3, 0.4) is 0 Å². The lowest BCUT2D eigenvalue weighted by Crippen LogP contribution is -2.16. The summed E-state index contributed by atoms with van der Waals surface area (Å²) >= 11 is 6.36. The van der Waals surface area contributed by atoms with E-state index >= 15 is 0 Å². The molecule has 0 aliphatic heterocycles. The van der Waals surface area contributed by atoms with Crippen molar-refractivity contribution >= 4 is 34.5 Å². The molecule has 9 nitrogen and oxygen atoms in total. The van der Waals surface area contributed by atoms with Gasteiger partial charge in [0, 0.05) is 12.4 Å². The molecule has 0 spiro atoms. The molecule has 4 aromatic heterocycles. The van der Waals surface area contributed by atoms with Crippen LogP contribution in [0.2, 0.25) is 5.02 Å². The minimum absolute atomic E-state index is 0.134. The van der Waals surface area contributed by atoms with Crippen molar-refractivity contribution in [3.05, 3.63) is 83.0 Å². The number of nitrogens with zero attached hydrogens (tertiary/aromatic N) is 7. The molecule has 10 heteroatoms. The van der Waals surface area contributed by atoms with Gasteiger partial charge in [0.2, 0.25) is 5.95 Å². The van der Waals surface area contributed by atoms with Crippen LogP contribution in [0.25, 0.3) is 28.2 Å². The number of fused-ring (bicyclic) bond motifs is 1. The van der Waals surface area contributed by atoms with Gasteiger partial charge in [-0.15, -0.1) is 0 Å². The second-order valence-electron chi connectivity index (χ2n) is 7.20. The largest absolute Gasteiger partial charge is 0.290 e. The molecule has 1 aromatic carbocycles. The van der Waals surface area contributed by atoms with E-state index in [1.54, 1.807) is 48.3 Å². The van der Waals surface area contributed by atoms with E-state index in [1.807, 2.05) is 31.2 Å². The topological polar surface area (TPSA) is 111 Å². The molecule has 0 saturated carbocycles. The summed E-state index contributed by atoms with van der Waals surface area (Å²) < 4.78 is 1.63. The van der Waals surface area contributed by atoms with Gasteiger partial charge in [0.05, 0.1) is 27.4 Å². The van der Waals surface area contributed by atoms with Crippen LogP contribution in [-0.4, -0.2) is 40.6 Å². The number of aryl methyl sites for hydroxylation is 2. The summed E-state index contributed by atoms with van der Waals surface area (Å²) in [6.07, 6.45) is 3.21. The minimum atomic E-state index is -0.387. The van der Waals surface area contributed by atoms with Crippen molar-refractivity contribution in [1.29, 1.82) is 0 Å². The first-order valence-electron chi connectivity index (χ1n) is 10.1. The summed E-state index contributed by atoms with van der Waals surface area (Å²) in [5.74, 6) is 0.584. The van der Waals surface area contributed by atoms with Gasteiger partial charge in [-0.3, -0.25) is 15.1 Å². The summed E-state index contributed by atoms with van der Waals surface area (Å²) in [6, 6.07) is 14.4. The summed E-state index contributed by atoms with van der Waals surface area (Å²) in [6.45, 7) is 3.55. The molecule has 0 radical (unpaired) electrons. The number of aromatic nitrogens is 7. The van der Waals surface area contributed by atoms with E-state index in [1.165, 1.54) is 0 Å². The van der Waals surface area contributed by atoms with Gasteiger partial charge >= 0.3 is 0 Å². The number of anilines is 1. The number of rotatable bonds is 4. The van der Waals surface area contributed by atoms with Crippen LogP contribution in [0.1, 0.15) is 21.9 Å². The number of nitrogens with one attached hydrogen (secondary N) is 1. The summed E-state index contributed by atoms with van der Waals surface area (Å²) in [5.41, 5.74) is 2.82. The zero-order chi connectivity index (χ0) is 22.9. The molecule has 5 rings (SSSR count). The van der Waals surface area contributed by atoms with Crippen molar-refractivity contribution in [3.63, 3.8) is 0 Å². The molecule has 1 N–H and O–H groups in total. The lowest BCUT2D eigenvalue weighted by atomic mass is 10.1. The number of carbonyl (C=O) groups is 1. The third-order valence-corrected chi connectivity index (χ3v) is 5.25. The molecule has 0 unspecified atom stereocenters. The average molecular weight is 457 g/mol. The van der Waals surface area contributed by atoms with Crippen LogP contribution < -0.4 is 5.32 Å². The maximum absolute atomic E-state index is 13.2. The highest BCUT2D eigenvalue weighted by Crippen LogP contribution is 2.27. The highest BCUT2D eigenvalue weighted by Gasteiger charge is 2.20. The molecule has 5 aromatic rings. The fraction of sp³-hybridized carbons (Fsp3) is 0.0870. The Morgan fingerprint density at radius 2 is 1.76 bits per heavy atom. The van der Waals surface area contributed by atoms with Crippen molar-refractivity contribution in [2.24, 2.45) is 0 Å². The first kappa shape index (κ1) is 20.7. The normalized spacial score (nSPS) is 11.0. The Bertz CT molecular complexity index is 1500. The fourth-order valence-electron chi connectivity index (χ4n) is 3.51. The lowest BCUT2D eigenvalue weighted by Gasteiger charge is -2.08. The van der Waals surface area contributed by atoms with E-state index in [9.17, 15) is 4.79 Å². The molecule has 4 heterocycles. The van der Waals surface area contributed by atoms with Crippen LogP contribution >= 0.6 is 11.6 Å². The van der Waals surface area contributed by atoms with Gasteiger partial charge in [0.1, 0.15) is 11.5 Å². The average Bonchev–Trinajstić information content (AvgIpc) is 3.16. The number of carbonyl (C=O) groups excluding carboxylic acids is 1. The fourth-order valence-corrected chi connectivity index (χ4v) is 3.73. The van der Waals surface area contributed by atoms with Crippen molar-refractivity contribution in [3.8, 4) is 17.2 Å².